The van der Waals surface area contributed by atoms with Gasteiger partial charge in [0.15, 0.2) is 0 Å². The molecule has 5 nitrogen and oxygen atoms in total. The van der Waals surface area contributed by atoms with Gasteiger partial charge in [0.2, 0.25) is 5.82 Å². The number of phenolic OH excluding ortho intramolecular Hbond substituents is 1. The number of nitrogens with zero attached hydrogens (tertiary/aromatic N) is 2. The Morgan fingerprint density at radius 1 is 1.47 bits per heavy atom. The fourth-order valence-electron chi connectivity index (χ4n) is 1.81. The quantitative estimate of drug-likeness (QED) is 0.900. The van der Waals surface area contributed by atoms with Crippen molar-refractivity contribution in [2.24, 2.45) is 0 Å². The van der Waals surface area contributed by atoms with E-state index in [-0.39, 0.29) is 23.3 Å². The zero-order chi connectivity index (χ0) is 13.8. The van der Waals surface area contributed by atoms with Crippen molar-refractivity contribution >= 4 is 0 Å². The molecule has 0 amide bonds. The van der Waals surface area contributed by atoms with E-state index in [0.29, 0.717) is 5.82 Å². The minimum absolute atomic E-state index is 0.0521. The van der Waals surface area contributed by atoms with Crippen LogP contribution in [-0.2, 0) is 4.74 Å². The number of hydrogen-bond donors (Lipinski definition) is 1. The number of methoxy groups -OCH3 is 1. The standard InChI is InChI=1S/C13H15FN2O3/c1-3-5-10(18-2)12-15-13(19-16-12)11-8(14)6-4-7-9(11)17/h4,6-7,10,17H,3,5H2,1-2H3. The van der Waals surface area contributed by atoms with Crippen LogP contribution in [0.2, 0.25) is 0 Å². The maximum atomic E-state index is 13.7. The summed E-state index contributed by atoms with van der Waals surface area (Å²) in [4.78, 5) is 4.09. The maximum absolute atomic E-state index is 13.7. The van der Waals surface area contributed by atoms with Gasteiger partial charge in [0.25, 0.3) is 5.89 Å². The van der Waals surface area contributed by atoms with Gasteiger partial charge in [0.1, 0.15) is 23.2 Å². The highest BCUT2D eigenvalue weighted by Gasteiger charge is 2.21. The number of ether oxygens (including phenoxy) is 1. The summed E-state index contributed by atoms with van der Waals surface area (Å²) >= 11 is 0. The first kappa shape index (κ1) is 13.5. The number of rotatable bonds is 5. The van der Waals surface area contributed by atoms with E-state index >= 15 is 0 Å². The van der Waals surface area contributed by atoms with E-state index in [1.807, 2.05) is 6.92 Å². The van der Waals surface area contributed by atoms with Gasteiger partial charge in [-0.1, -0.05) is 24.6 Å². The molecule has 0 saturated heterocycles. The zero-order valence-electron chi connectivity index (χ0n) is 10.8. The van der Waals surface area contributed by atoms with Crippen molar-refractivity contribution in [3.63, 3.8) is 0 Å². The van der Waals surface area contributed by atoms with Gasteiger partial charge in [-0.3, -0.25) is 0 Å². The van der Waals surface area contributed by atoms with Crippen LogP contribution in [0.4, 0.5) is 4.39 Å². The summed E-state index contributed by atoms with van der Waals surface area (Å²) in [7, 11) is 1.55. The summed E-state index contributed by atoms with van der Waals surface area (Å²) < 4.78 is 23.9. The Labute approximate surface area is 110 Å². The molecule has 1 aromatic carbocycles. The zero-order valence-corrected chi connectivity index (χ0v) is 10.8. The Morgan fingerprint density at radius 3 is 2.89 bits per heavy atom. The second-order valence-corrected chi connectivity index (χ2v) is 4.10. The van der Waals surface area contributed by atoms with Gasteiger partial charge in [-0.05, 0) is 18.6 Å². The van der Waals surface area contributed by atoms with Gasteiger partial charge in [0.05, 0.1) is 0 Å². The van der Waals surface area contributed by atoms with Crippen molar-refractivity contribution < 1.29 is 18.8 Å². The molecule has 6 heteroatoms. The lowest BCUT2D eigenvalue weighted by molar-refractivity contribution is 0.0854. The first-order chi connectivity index (χ1) is 9.17. The summed E-state index contributed by atoms with van der Waals surface area (Å²) in [5, 5.41) is 13.4. The predicted octanol–water partition coefficient (Wildman–Crippen LogP) is 3.07. The fourth-order valence-corrected chi connectivity index (χ4v) is 1.81. The fraction of sp³-hybridized carbons (Fsp3) is 0.385. The summed E-state index contributed by atoms with van der Waals surface area (Å²) in [5.41, 5.74) is -0.0902. The van der Waals surface area contributed by atoms with E-state index < -0.39 is 5.82 Å². The molecule has 2 rings (SSSR count). The number of hydrogen-bond acceptors (Lipinski definition) is 5. The Hall–Kier alpha value is -1.95. The van der Waals surface area contributed by atoms with Crippen LogP contribution in [0.25, 0.3) is 11.5 Å². The summed E-state index contributed by atoms with van der Waals surface area (Å²) in [6, 6.07) is 3.99. The Bertz CT molecular complexity index is 536. The lowest BCUT2D eigenvalue weighted by Crippen LogP contribution is -2.03. The molecular weight excluding hydrogens is 251 g/mol. The van der Waals surface area contributed by atoms with Gasteiger partial charge in [-0.25, -0.2) is 4.39 Å². The third kappa shape index (κ3) is 2.73. The Morgan fingerprint density at radius 2 is 2.26 bits per heavy atom. The first-order valence-electron chi connectivity index (χ1n) is 6.01. The lowest BCUT2D eigenvalue weighted by atomic mass is 10.2. The molecular formula is C13H15FN2O3. The molecule has 1 heterocycles. The molecule has 0 spiro atoms. The summed E-state index contributed by atoms with van der Waals surface area (Å²) in [5.74, 6) is -0.551. The average molecular weight is 266 g/mol. The highest BCUT2D eigenvalue weighted by molar-refractivity contribution is 5.62. The molecule has 0 aliphatic carbocycles. The van der Waals surface area contributed by atoms with Gasteiger partial charge < -0.3 is 14.4 Å². The first-order valence-corrected chi connectivity index (χ1v) is 6.01. The summed E-state index contributed by atoms with van der Waals surface area (Å²) in [6.07, 6.45) is 1.34. The highest BCUT2D eigenvalue weighted by atomic mass is 19.1. The molecule has 0 saturated carbocycles. The number of benzene rings is 1. The van der Waals surface area contributed by atoms with Crippen LogP contribution >= 0.6 is 0 Å². The number of halogens is 1. The van der Waals surface area contributed by atoms with Crippen LogP contribution in [0.3, 0.4) is 0 Å². The molecule has 102 valence electrons. The van der Waals surface area contributed by atoms with E-state index in [1.54, 1.807) is 7.11 Å². The molecule has 1 aromatic heterocycles. The molecule has 1 N–H and O–H groups in total. The van der Waals surface area contributed by atoms with Crippen molar-refractivity contribution in [3.8, 4) is 17.2 Å². The van der Waals surface area contributed by atoms with Gasteiger partial charge in [-0.2, -0.15) is 4.98 Å². The van der Waals surface area contributed by atoms with Crippen LogP contribution < -0.4 is 0 Å². The molecule has 0 bridgehead atoms. The topological polar surface area (TPSA) is 68.4 Å². The van der Waals surface area contributed by atoms with Crippen LogP contribution in [0.5, 0.6) is 5.75 Å². The molecule has 0 radical (unpaired) electrons. The second-order valence-electron chi connectivity index (χ2n) is 4.10. The normalized spacial score (nSPS) is 12.6. The van der Waals surface area contributed by atoms with Crippen LogP contribution in [0.1, 0.15) is 31.7 Å². The van der Waals surface area contributed by atoms with Crippen molar-refractivity contribution in [1.82, 2.24) is 10.1 Å². The third-order valence-electron chi connectivity index (χ3n) is 2.77. The molecule has 0 aliphatic heterocycles. The van der Waals surface area contributed by atoms with Gasteiger partial charge in [0, 0.05) is 7.11 Å². The second kappa shape index (κ2) is 5.79. The minimum Gasteiger partial charge on any atom is -0.507 e. The molecule has 2 aromatic rings. The Kier molecular flexibility index (Phi) is 4.11. The van der Waals surface area contributed by atoms with E-state index in [4.69, 9.17) is 9.26 Å². The van der Waals surface area contributed by atoms with E-state index in [0.717, 1.165) is 12.8 Å². The van der Waals surface area contributed by atoms with Crippen molar-refractivity contribution in [1.29, 1.82) is 0 Å². The number of phenols is 1. The number of aromatic hydroxyl groups is 1. The smallest absolute Gasteiger partial charge is 0.264 e. The maximum Gasteiger partial charge on any atom is 0.264 e. The molecule has 1 atom stereocenters. The minimum atomic E-state index is -0.611. The molecule has 0 aliphatic rings. The SMILES string of the molecule is CCCC(OC)c1noc(-c2c(O)cccc2F)n1. The van der Waals surface area contributed by atoms with Crippen molar-refractivity contribution in [3.05, 3.63) is 29.8 Å². The van der Waals surface area contributed by atoms with E-state index in [1.165, 1.54) is 18.2 Å². The third-order valence-corrected chi connectivity index (χ3v) is 2.77. The van der Waals surface area contributed by atoms with Crippen LogP contribution in [0, 0.1) is 5.82 Å². The average Bonchev–Trinajstić information content (AvgIpc) is 2.85. The monoisotopic (exact) mass is 266 g/mol. The van der Waals surface area contributed by atoms with E-state index in [9.17, 15) is 9.50 Å². The van der Waals surface area contributed by atoms with E-state index in [2.05, 4.69) is 10.1 Å². The highest BCUT2D eigenvalue weighted by Crippen LogP contribution is 2.31. The number of aromatic nitrogens is 2. The lowest BCUT2D eigenvalue weighted by Gasteiger charge is -2.08. The largest absolute Gasteiger partial charge is 0.507 e. The predicted molar refractivity (Wildman–Crippen MR) is 66.0 cm³/mol. The molecule has 0 fully saturated rings. The molecule has 1 unspecified atom stereocenters. The van der Waals surface area contributed by atoms with Crippen molar-refractivity contribution in [2.45, 2.75) is 25.9 Å². The van der Waals surface area contributed by atoms with Crippen LogP contribution in [-0.4, -0.2) is 22.4 Å². The van der Waals surface area contributed by atoms with Gasteiger partial charge in [-0.15, -0.1) is 0 Å². The Balaban J connectivity index is 2.35. The van der Waals surface area contributed by atoms with Gasteiger partial charge >= 0.3 is 0 Å². The summed E-state index contributed by atoms with van der Waals surface area (Å²) in [6.45, 7) is 2.01. The molecule has 19 heavy (non-hydrogen) atoms. The van der Waals surface area contributed by atoms with Crippen molar-refractivity contribution in [2.75, 3.05) is 7.11 Å². The van der Waals surface area contributed by atoms with Crippen LogP contribution in [0.15, 0.2) is 22.7 Å².